The summed E-state index contributed by atoms with van der Waals surface area (Å²) in [5.41, 5.74) is 2.45. The van der Waals surface area contributed by atoms with Gasteiger partial charge in [-0.05, 0) is 25.1 Å². The Kier molecular flexibility index (Phi) is 5.04. The van der Waals surface area contributed by atoms with E-state index in [1.165, 1.54) is 18.2 Å². The van der Waals surface area contributed by atoms with Gasteiger partial charge >= 0.3 is 0 Å². The SMILES string of the molecule is Cc1ccc(S(=O)(=O)/N=C2\C=C3N(CCO)CCOC3(O)c3ccccc32)cc1. The third-order valence-corrected chi connectivity index (χ3v) is 6.41. The van der Waals surface area contributed by atoms with Crippen molar-refractivity contribution in [3.8, 4) is 0 Å². The minimum Gasteiger partial charge on any atom is -0.395 e. The van der Waals surface area contributed by atoms with Gasteiger partial charge in [0, 0.05) is 24.2 Å². The molecule has 0 radical (unpaired) electrons. The number of aliphatic hydroxyl groups excluding tert-OH is 1. The molecule has 2 aromatic rings. The molecule has 7 nitrogen and oxygen atoms in total. The van der Waals surface area contributed by atoms with Crippen LogP contribution in [-0.4, -0.2) is 55.5 Å². The number of sulfonamides is 1. The van der Waals surface area contributed by atoms with Crippen LogP contribution in [0.5, 0.6) is 0 Å². The fourth-order valence-corrected chi connectivity index (χ4v) is 4.64. The second kappa shape index (κ2) is 7.38. The Bertz CT molecular complexity index is 1090. The van der Waals surface area contributed by atoms with Crippen LogP contribution >= 0.6 is 0 Å². The van der Waals surface area contributed by atoms with Gasteiger partial charge in [-0.2, -0.15) is 12.8 Å². The number of benzene rings is 2. The van der Waals surface area contributed by atoms with Crippen molar-refractivity contribution in [2.45, 2.75) is 17.6 Å². The molecule has 2 aliphatic rings. The van der Waals surface area contributed by atoms with Crippen molar-refractivity contribution in [1.29, 1.82) is 0 Å². The van der Waals surface area contributed by atoms with E-state index in [0.29, 0.717) is 23.4 Å². The van der Waals surface area contributed by atoms with Crippen molar-refractivity contribution >= 4 is 15.7 Å². The molecule has 0 aromatic heterocycles. The Labute approximate surface area is 169 Å². The number of fused-ring (bicyclic) bond motifs is 3. The Morgan fingerprint density at radius 3 is 2.62 bits per heavy atom. The highest BCUT2D eigenvalue weighted by Gasteiger charge is 2.46. The summed E-state index contributed by atoms with van der Waals surface area (Å²) in [4.78, 5) is 1.88. The zero-order valence-corrected chi connectivity index (χ0v) is 16.8. The first-order chi connectivity index (χ1) is 13.8. The van der Waals surface area contributed by atoms with Gasteiger partial charge in [0.15, 0.2) is 0 Å². The molecule has 0 saturated carbocycles. The zero-order chi connectivity index (χ0) is 20.6. The predicted octanol–water partition coefficient (Wildman–Crippen LogP) is 1.54. The Morgan fingerprint density at radius 1 is 1.17 bits per heavy atom. The maximum Gasteiger partial charge on any atom is 0.282 e. The average Bonchev–Trinajstić information content (AvgIpc) is 2.70. The molecule has 1 aliphatic heterocycles. The van der Waals surface area contributed by atoms with Crippen LogP contribution in [0, 0.1) is 6.92 Å². The minimum absolute atomic E-state index is 0.0967. The van der Waals surface area contributed by atoms with Gasteiger partial charge in [-0.1, -0.05) is 42.0 Å². The lowest BCUT2D eigenvalue weighted by Crippen LogP contribution is -2.50. The van der Waals surface area contributed by atoms with Crippen LogP contribution in [-0.2, 0) is 20.5 Å². The summed E-state index contributed by atoms with van der Waals surface area (Å²) >= 11 is 0. The number of hydrogen-bond donors (Lipinski definition) is 2. The number of rotatable bonds is 4. The van der Waals surface area contributed by atoms with Crippen molar-refractivity contribution < 1.29 is 23.4 Å². The number of hydrogen-bond acceptors (Lipinski definition) is 6. The van der Waals surface area contributed by atoms with Crippen LogP contribution in [0.4, 0.5) is 0 Å². The Balaban J connectivity index is 1.88. The molecule has 0 amide bonds. The number of aryl methyl sites for hydroxylation is 1. The van der Waals surface area contributed by atoms with E-state index in [1.54, 1.807) is 41.3 Å². The Morgan fingerprint density at radius 2 is 1.90 bits per heavy atom. The summed E-state index contributed by atoms with van der Waals surface area (Å²) in [5.74, 6) is -1.71. The first-order valence-corrected chi connectivity index (χ1v) is 10.7. The van der Waals surface area contributed by atoms with Crippen LogP contribution in [0.3, 0.4) is 0 Å². The highest BCUT2D eigenvalue weighted by molar-refractivity contribution is 7.90. The molecule has 1 heterocycles. The van der Waals surface area contributed by atoms with Crippen LogP contribution in [0.1, 0.15) is 16.7 Å². The second-order valence-corrected chi connectivity index (χ2v) is 8.65. The van der Waals surface area contributed by atoms with Gasteiger partial charge < -0.3 is 19.8 Å². The maximum absolute atomic E-state index is 12.9. The standard InChI is InChI=1S/C21H22N2O5S/c1-15-6-8-16(9-7-15)29(26,27)22-19-14-20-21(25,18-5-3-2-4-17(18)19)28-13-11-23(20)10-12-24/h2-9,14,24-25H,10-13H2,1H3/b22-19+. The van der Waals surface area contributed by atoms with Crippen molar-refractivity contribution in [2.24, 2.45) is 4.40 Å². The molecule has 2 aromatic carbocycles. The highest BCUT2D eigenvalue weighted by Crippen LogP contribution is 2.41. The number of nitrogens with zero attached hydrogens (tertiary/aromatic N) is 2. The van der Waals surface area contributed by atoms with Gasteiger partial charge in [-0.25, -0.2) is 0 Å². The normalized spacial score (nSPS) is 22.8. The second-order valence-electron chi connectivity index (χ2n) is 7.04. The topological polar surface area (TPSA) is 99.4 Å². The van der Waals surface area contributed by atoms with E-state index in [2.05, 4.69) is 4.40 Å². The molecule has 1 unspecified atom stereocenters. The van der Waals surface area contributed by atoms with Crippen molar-refractivity contribution in [3.05, 3.63) is 77.0 Å². The third kappa shape index (κ3) is 3.49. The fourth-order valence-electron chi connectivity index (χ4n) is 3.65. The van der Waals surface area contributed by atoms with Gasteiger partial charge in [0.05, 0.1) is 29.5 Å². The van der Waals surface area contributed by atoms with E-state index >= 15 is 0 Å². The number of aliphatic hydroxyl groups is 2. The number of allylic oxidation sites excluding steroid dienone is 1. The average molecular weight is 414 g/mol. The molecule has 29 heavy (non-hydrogen) atoms. The quantitative estimate of drug-likeness (QED) is 0.787. The highest BCUT2D eigenvalue weighted by atomic mass is 32.2. The summed E-state index contributed by atoms with van der Waals surface area (Å²) in [6, 6.07) is 13.4. The van der Waals surface area contributed by atoms with Crippen LogP contribution in [0.15, 0.2) is 69.6 Å². The monoisotopic (exact) mass is 414 g/mol. The smallest absolute Gasteiger partial charge is 0.282 e. The molecule has 4 rings (SSSR count). The zero-order valence-electron chi connectivity index (χ0n) is 15.9. The lowest BCUT2D eigenvalue weighted by Gasteiger charge is -2.45. The van der Waals surface area contributed by atoms with E-state index in [9.17, 15) is 18.6 Å². The van der Waals surface area contributed by atoms with Crippen molar-refractivity contribution in [3.63, 3.8) is 0 Å². The summed E-state index contributed by atoms with van der Waals surface area (Å²) < 4.78 is 35.6. The van der Waals surface area contributed by atoms with E-state index < -0.39 is 15.8 Å². The van der Waals surface area contributed by atoms with Crippen LogP contribution in [0.2, 0.25) is 0 Å². The molecular weight excluding hydrogens is 392 g/mol. The summed E-state index contributed by atoms with van der Waals surface area (Å²) in [6.07, 6.45) is 1.53. The van der Waals surface area contributed by atoms with Gasteiger partial charge in [0.2, 0.25) is 5.79 Å². The lowest BCUT2D eigenvalue weighted by molar-refractivity contribution is -0.219. The van der Waals surface area contributed by atoms with Crippen molar-refractivity contribution in [1.82, 2.24) is 4.90 Å². The van der Waals surface area contributed by atoms with Gasteiger partial charge in [0.25, 0.3) is 10.0 Å². The molecule has 152 valence electrons. The molecule has 0 bridgehead atoms. The minimum atomic E-state index is -3.95. The number of ether oxygens (including phenoxy) is 1. The van der Waals surface area contributed by atoms with Crippen LogP contribution in [0.25, 0.3) is 0 Å². The first kappa shape index (κ1) is 19.8. The largest absolute Gasteiger partial charge is 0.395 e. The number of β-amino-alcohol motifs (C(OH)–C–C–N with tert-alkyl or cyclic N) is 1. The van der Waals surface area contributed by atoms with Gasteiger partial charge in [0.1, 0.15) is 0 Å². The molecule has 1 fully saturated rings. The summed E-state index contributed by atoms with van der Waals surface area (Å²) in [5, 5.41) is 20.7. The first-order valence-electron chi connectivity index (χ1n) is 9.31. The molecule has 2 N–H and O–H groups in total. The summed E-state index contributed by atoms with van der Waals surface area (Å²) in [7, 11) is -3.95. The maximum atomic E-state index is 12.9. The Hall–Kier alpha value is -2.52. The molecule has 0 spiro atoms. The van der Waals surface area contributed by atoms with Crippen molar-refractivity contribution in [2.75, 3.05) is 26.3 Å². The third-order valence-electron chi connectivity index (χ3n) is 5.11. The molecule has 8 heteroatoms. The predicted molar refractivity (Wildman–Crippen MR) is 108 cm³/mol. The molecule has 1 saturated heterocycles. The summed E-state index contributed by atoms with van der Waals surface area (Å²) in [6.45, 7) is 2.80. The molecular formula is C21H22N2O5S. The molecule has 1 atom stereocenters. The fraction of sp³-hybridized carbons (Fsp3) is 0.286. The van der Waals surface area contributed by atoms with Gasteiger partial charge in [-0.3, -0.25) is 0 Å². The van der Waals surface area contributed by atoms with E-state index in [1.807, 2.05) is 6.92 Å². The van der Waals surface area contributed by atoms with E-state index in [-0.39, 0.29) is 30.4 Å². The van der Waals surface area contributed by atoms with Gasteiger partial charge in [-0.15, -0.1) is 0 Å². The molecule has 1 aliphatic carbocycles. The number of morpholine rings is 1. The van der Waals surface area contributed by atoms with E-state index in [4.69, 9.17) is 4.74 Å². The van der Waals surface area contributed by atoms with E-state index in [0.717, 1.165) is 5.56 Å². The van der Waals surface area contributed by atoms with Crippen LogP contribution < -0.4 is 0 Å². The lowest BCUT2D eigenvalue weighted by atomic mass is 9.86.